The number of nitrogens with zero attached hydrogens (tertiary/aromatic N) is 18. The molecule has 3 aliphatic rings. The molecule has 9 aromatic heterocycles. The van der Waals surface area contributed by atoms with Crippen LogP contribution in [0.1, 0.15) is 104 Å². The van der Waals surface area contributed by atoms with Gasteiger partial charge in [0.2, 0.25) is 0 Å². The van der Waals surface area contributed by atoms with Gasteiger partial charge in [-0.15, -0.1) is 0 Å². The summed E-state index contributed by atoms with van der Waals surface area (Å²) in [4.78, 5) is 67.7. The minimum absolute atomic E-state index is 0.0968. The predicted molar refractivity (Wildman–Crippen MR) is 352 cm³/mol. The molecule has 3 aromatic carbocycles. The third-order valence-electron chi connectivity index (χ3n) is 17.6. The summed E-state index contributed by atoms with van der Waals surface area (Å²) in [5.41, 5.74) is 12.6. The van der Waals surface area contributed by atoms with Crippen LogP contribution < -0.4 is 0 Å². The van der Waals surface area contributed by atoms with Gasteiger partial charge in [-0.25, -0.2) is 29.0 Å². The van der Waals surface area contributed by atoms with Crippen molar-refractivity contribution in [3.05, 3.63) is 216 Å². The Morgan fingerprint density at radius 1 is 0.409 bits per heavy atom. The molecule has 0 bridgehead atoms. The van der Waals surface area contributed by atoms with Crippen molar-refractivity contribution >= 4 is 17.3 Å². The van der Waals surface area contributed by atoms with E-state index in [-0.39, 0.29) is 35.1 Å². The summed E-state index contributed by atoms with van der Waals surface area (Å²) in [5, 5.41) is 27.0. The van der Waals surface area contributed by atoms with Gasteiger partial charge >= 0.3 is 0 Å². The Balaban J connectivity index is 0.000000127. The number of hydrogen-bond donors (Lipinski definition) is 0. The Labute approximate surface area is 538 Å². The van der Waals surface area contributed by atoms with Crippen LogP contribution in [-0.2, 0) is 60.0 Å². The summed E-state index contributed by atoms with van der Waals surface area (Å²) in [6, 6.07) is 45.6. The first kappa shape index (κ1) is 61.0. The Morgan fingerprint density at radius 3 is 1.09 bits per heavy atom. The number of fused-ring (bicyclic) bond motifs is 3. The molecule has 12 heterocycles. The lowest BCUT2D eigenvalue weighted by Crippen LogP contribution is -2.23. The van der Waals surface area contributed by atoms with Crippen molar-refractivity contribution in [2.45, 2.75) is 98.2 Å². The van der Waals surface area contributed by atoms with Gasteiger partial charge in [-0.1, -0.05) is 103 Å². The third kappa shape index (κ3) is 13.6. The Bertz CT molecular complexity index is 4190. The van der Waals surface area contributed by atoms with Gasteiger partial charge in [-0.2, -0.15) is 30.6 Å². The first-order chi connectivity index (χ1) is 45.2. The maximum absolute atomic E-state index is 13.3. The molecule has 21 heteroatoms. The fourth-order valence-corrected chi connectivity index (χ4v) is 12.8. The number of benzene rings is 3. The zero-order valence-electron chi connectivity index (χ0n) is 53.1. The van der Waals surface area contributed by atoms with Gasteiger partial charge in [0, 0.05) is 130 Å². The Kier molecular flexibility index (Phi) is 17.7. The summed E-state index contributed by atoms with van der Waals surface area (Å²) < 4.78 is 10.9. The predicted octanol–water partition coefficient (Wildman–Crippen LogP) is 11.7. The number of ketones is 3. The number of rotatable bonds is 15. The average molecular weight is 1240 g/mol. The SMILES string of the molecule is Cc1cccc(-c2cnn(C)c2C(=O)CC2CCn3nc(-c4ccccc4)nc3C2)n1.Cc1cccc(-c2cnn(C)c2C(=O)CC2CCn3nc(-c4ccccc4)nc3C2)n1.Cc1ccnc(-c2cnn(C)c2C(=O)CC2CCn3nc(-c4ccccc4)nc3C2)c1. The van der Waals surface area contributed by atoms with Crippen molar-refractivity contribution in [2.75, 3.05) is 0 Å². The maximum Gasteiger partial charge on any atom is 0.181 e. The van der Waals surface area contributed by atoms with E-state index in [1.54, 1.807) is 38.8 Å². The fraction of sp³-hybridized carbons (Fsp3) is 0.292. The number of aryl methyl sites for hydroxylation is 9. The van der Waals surface area contributed by atoms with Crippen LogP contribution >= 0.6 is 0 Å². The van der Waals surface area contributed by atoms with Gasteiger partial charge in [0.15, 0.2) is 34.8 Å². The van der Waals surface area contributed by atoms with Crippen LogP contribution in [0.5, 0.6) is 0 Å². The monoisotopic (exact) mass is 1240 g/mol. The molecule has 0 aliphatic carbocycles. The molecule has 12 aromatic rings. The lowest BCUT2D eigenvalue weighted by atomic mass is 9.91. The molecule has 468 valence electrons. The largest absolute Gasteiger partial charge is 0.292 e. The normalized spacial score (nSPS) is 15.6. The fourth-order valence-electron chi connectivity index (χ4n) is 12.8. The van der Waals surface area contributed by atoms with E-state index in [1.807, 2.05) is 195 Å². The van der Waals surface area contributed by atoms with Gasteiger partial charge in [0.1, 0.15) is 34.6 Å². The lowest BCUT2D eigenvalue weighted by molar-refractivity contribution is 0.0935. The van der Waals surface area contributed by atoms with E-state index in [0.717, 1.165) is 161 Å². The molecule has 3 unspecified atom stereocenters. The van der Waals surface area contributed by atoms with Gasteiger partial charge < -0.3 is 0 Å². The summed E-state index contributed by atoms with van der Waals surface area (Å²) in [7, 11) is 5.45. The zero-order valence-corrected chi connectivity index (χ0v) is 53.1. The summed E-state index contributed by atoms with van der Waals surface area (Å²) in [6.07, 6.45) is 13.3. The van der Waals surface area contributed by atoms with Gasteiger partial charge in [0.05, 0.1) is 35.7 Å². The molecule has 93 heavy (non-hydrogen) atoms. The van der Waals surface area contributed by atoms with E-state index in [0.29, 0.717) is 36.3 Å². The highest BCUT2D eigenvalue weighted by molar-refractivity contribution is 6.02. The molecule has 0 saturated heterocycles. The lowest BCUT2D eigenvalue weighted by Gasteiger charge is -2.21. The highest BCUT2D eigenvalue weighted by atomic mass is 16.1. The number of aromatic nitrogens is 18. The van der Waals surface area contributed by atoms with Crippen LogP contribution in [0.2, 0.25) is 0 Å². The second kappa shape index (κ2) is 26.9. The topological polar surface area (TPSA) is 235 Å². The Hall–Kier alpha value is -10.8. The van der Waals surface area contributed by atoms with E-state index >= 15 is 0 Å². The van der Waals surface area contributed by atoms with Crippen LogP contribution in [0, 0.1) is 38.5 Å². The Morgan fingerprint density at radius 2 is 0.753 bits per heavy atom. The van der Waals surface area contributed by atoms with Crippen LogP contribution in [-0.4, -0.2) is 106 Å². The van der Waals surface area contributed by atoms with Crippen molar-refractivity contribution in [3.63, 3.8) is 0 Å². The first-order valence-corrected chi connectivity index (χ1v) is 31.7. The summed E-state index contributed by atoms with van der Waals surface area (Å²) in [5.74, 6) is 6.11. The van der Waals surface area contributed by atoms with Crippen molar-refractivity contribution < 1.29 is 14.4 Å². The van der Waals surface area contributed by atoms with Crippen molar-refractivity contribution in [3.8, 4) is 67.9 Å². The maximum atomic E-state index is 13.3. The number of hydrogen-bond acceptors (Lipinski definition) is 15. The average Bonchev–Trinajstić information content (AvgIpc) is 1.96. The van der Waals surface area contributed by atoms with Gasteiger partial charge in [0.25, 0.3) is 0 Å². The molecule has 3 aliphatic heterocycles. The molecule has 0 radical (unpaired) electrons. The molecule has 3 atom stereocenters. The van der Waals surface area contributed by atoms with E-state index in [9.17, 15) is 14.4 Å². The van der Waals surface area contributed by atoms with Gasteiger partial charge in [-0.3, -0.25) is 43.4 Å². The van der Waals surface area contributed by atoms with Crippen molar-refractivity contribution in [1.29, 1.82) is 0 Å². The molecule has 0 spiro atoms. The molecule has 0 amide bonds. The standard InChI is InChI=1S/3C24H24N6O/c2*1-16-7-6-10-20(26-16)19-15-25-29(2)23(19)21(31)13-17-11-12-30-22(14-17)27-24(28-30)18-8-4-3-5-9-18;1-16-8-10-25-20(12-16)19-15-26-29(2)23(19)21(31)13-17-9-11-30-22(14-17)27-24(28-30)18-6-4-3-5-7-18/h2*3-10,15,17H,11-14H2,1-2H3;3-8,10,12,15,17H,9,11,13-14H2,1-2H3. The highest BCUT2D eigenvalue weighted by Crippen LogP contribution is 2.33. The molecule has 15 rings (SSSR count). The minimum Gasteiger partial charge on any atom is -0.292 e. The highest BCUT2D eigenvalue weighted by Gasteiger charge is 2.31. The van der Waals surface area contributed by atoms with Gasteiger partial charge in [-0.05, 0) is 99.7 Å². The molecule has 0 fully saturated rings. The van der Waals surface area contributed by atoms with E-state index in [1.165, 1.54) is 0 Å². The molecular formula is C72H72N18O3. The third-order valence-corrected chi connectivity index (χ3v) is 17.6. The van der Waals surface area contributed by atoms with Crippen LogP contribution in [0.4, 0.5) is 0 Å². The zero-order chi connectivity index (χ0) is 64.1. The van der Waals surface area contributed by atoms with Crippen LogP contribution in [0.3, 0.4) is 0 Å². The number of pyridine rings is 3. The first-order valence-electron chi connectivity index (χ1n) is 31.7. The molecule has 21 nitrogen and oxygen atoms in total. The second-order valence-corrected chi connectivity index (χ2v) is 24.4. The number of carbonyl (C=O) groups is 3. The number of Topliss-reactive ketones (excluding diaryl/α,β-unsaturated/α-hetero) is 3. The molecule has 0 N–H and O–H groups in total. The smallest absolute Gasteiger partial charge is 0.181 e. The summed E-state index contributed by atoms with van der Waals surface area (Å²) in [6.45, 7) is 8.26. The number of carbonyl (C=O) groups excluding carboxylic acids is 3. The quantitative estimate of drug-likeness (QED) is 0.0868. The van der Waals surface area contributed by atoms with E-state index < -0.39 is 0 Å². The molecular weight excluding hydrogens is 1160 g/mol. The van der Waals surface area contributed by atoms with Crippen molar-refractivity contribution in [1.82, 2.24) is 88.6 Å². The molecule has 0 saturated carbocycles. The summed E-state index contributed by atoms with van der Waals surface area (Å²) >= 11 is 0. The van der Waals surface area contributed by atoms with Crippen molar-refractivity contribution in [2.24, 2.45) is 38.9 Å². The minimum atomic E-state index is 0.0968. The van der Waals surface area contributed by atoms with E-state index in [2.05, 4.69) is 45.5 Å². The van der Waals surface area contributed by atoms with Crippen LogP contribution in [0.25, 0.3) is 67.9 Å². The van der Waals surface area contributed by atoms with E-state index in [4.69, 9.17) is 15.0 Å². The second-order valence-electron chi connectivity index (χ2n) is 24.4. The van der Waals surface area contributed by atoms with Crippen LogP contribution in [0.15, 0.2) is 164 Å².